The number of ether oxygens (including phenoxy) is 4. The number of anilines is 4. The molecule has 14 nitrogen and oxygen atoms in total. The summed E-state index contributed by atoms with van der Waals surface area (Å²) in [6.45, 7) is 3.02. The predicted molar refractivity (Wildman–Crippen MR) is 282 cm³/mol. The lowest BCUT2D eigenvalue weighted by Crippen LogP contribution is -2.01. The minimum absolute atomic E-state index is 0.669. The van der Waals surface area contributed by atoms with E-state index < -0.39 is 0 Å². The molecular formula is C58H56N10O4. The monoisotopic (exact) mass is 956 g/mol. The standard InChI is InChI=1S/C58H56N10O4/c1-69-49-31-23-47(24-32-49)65-55-53-57(61-39-59-55)67(41-63-53)35-7-3-5-9-37-71-51-27-19-45(20-28-51)17-15-43-11-13-44(14-12-43)16-18-46-21-29-52(30-22-46)72-38-10-6-4-8-36-68-42-64-54-56(60-40-62-58(54)68)66-48-25-33-50(70-2)34-26-48/h11-14,19-34,39-42H,3-10,35-38H2,1-2H3,(H,59,61,65)(H,60,62,66). The lowest BCUT2D eigenvalue weighted by atomic mass is 10.1. The highest BCUT2D eigenvalue weighted by atomic mass is 16.5. The van der Waals surface area contributed by atoms with Crippen LogP contribution in [-0.4, -0.2) is 66.5 Å². The average molecular weight is 957 g/mol. The number of nitrogens with zero attached hydrogens (tertiary/aromatic N) is 8. The van der Waals surface area contributed by atoms with Crippen LogP contribution in [-0.2, 0) is 13.1 Å². The van der Waals surface area contributed by atoms with Gasteiger partial charge < -0.3 is 38.7 Å². The van der Waals surface area contributed by atoms with Crippen LogP contribution in [0.4, 0.5) is 23.0 Å². The van der Waals surface area contributed by atoms with Crippen molar-refractivity contribution in [2.24, 2.45) is 0 Å². The summed E-state index contributed by atoms with van der Waals surface area (Å²) in [4.78, 5) is 27.0. The molecular weight excluding hydrogens is 901 g/mol. The zero-order valence-electron chi connectivity index (χ0n) is 40.6. The average Bonchev–Trinajstić information content (AvgIpc) is 4.05. The van der Waals surface area contributed by atoms with Gasteiger partial charge in [-0.1, -0.05) is 49.4 Å². The normalized spacial score (nSPS) is 10.8. The van der Waals surface area contributed by atoms with Gasteiger partial charge in [0.05, 0.1) is 40.1 Å². The van der Waals surface area contributed by atoms with Crippen molar-refractivity contribution in [2.45, 2.75) is 64.5 Å². The molecule has 0 spiro atoms. The Morgan fingerprint density at radius 1 is 0.389 bits per heavy atom. The van der Waals surface area contributed by atoms with Crippen molar-refractivity contribution in [3.8, 4) is 46.7 Å². The summed E-state index contributed by atoms with van der Waals surface area (Å²) in [7, 11) is 3.31. The summed E-state index contributed by atoms with van der Waals surface area (Å²) in [5, 5.41) is 6.69. The number of aryl methyl sites for hydroxylation is 2. The Labute approximate surface area is 419 Å². The van der Waals surface area contributed by atoms with Gasteiger partial charge in [-0.3, -0.25) is 0 Å². The smallest absolute Gasteiger partial charge is 0.165 e. The topological polar surface area (TPSA) is 148 Å². The highest BCUT2D eigenvalue weighted by Gasteiger charge is 2.12. The van der Waals surface area contributed by atoms with Crippen LogP contribution in [0.2, 0.25) is 0 Å². The molecule has 0 aliphatic heterocycles. The van der Waals surface area contributed by atoms with Crippen LogP contribution in [0.5, 0.6) is 23.0 Å². The molecule has 362 valence electrons. The first-order valence-corrected chi connectivity index (χ1v) is 24.3. The molecule has 0 saturated heterocycles. The molecule has 0 aliphatic carbocycles. The molecule has 0 amide bonds. The highest BCUT2D eigenvalue weighted by molar-refractivity contribution is 5.86. The van der Waals surface area contributed by atoms with E-state index >= 15 is 0 Å². The first kappa shape index (κ1) is 48.2. The molecule has 14 heteroatoms. The van der Waals surface area contributed by atoms with Gasteiger partial charge in [-0.05, 0) is 147 Å². The van der Waals surface area contributed by atoms with E-state index in [0.29, 0.717) is 24.8 Å². The Balaban J connectivity index is 0.630. The summed E-state index contributed by atoms with van der Waals surface area (Å²) in [6.07, 6.45) is 15.1. The van der Waals surface area contributed by atoms with E-state index in [-0.39, 0.29) is 0 Å². The maximum atomic E-state index is 6.03. The number of unbranched alkanes of at least 4 members (excludes halogenated alkanes) is 6. The first-order valence-electron chi connectivity index (χ1n) is 24.3. The van der Waals surface area contributed by atoms with E-state index in [2.05, 4.69) is 73.4 Å². The number of nitrogens with one attached hydrogen (secondary N) is 2. The van der Waals surface area contributed by atoms with Gasteiger partial charge in [0, 0.05) is 46.7 Å². The fourth-order valence-corrected chi connectivity index (χ4v) is 7.94. The Bertz CT molecular complexity index is 3060. The molecule has 9 aromatic rings. The molecule has 0 fully saturated rings. The van der Waals surface area contributed by atoms with Crippen LogP contribution in [0.25, 0.3) is 22.3 Å². The third-order valence-electron chi connectivity index (χ3n) is 11.9. The number of hydrogen-bond donors (Lipinski definition) is 2. The Kier molecular flexibility index (Phi) is 16.5. The minimum Gasteiger partial charge on any atom is -0.497 e. The molecule has 72 heavy (non-hydrogen) atoms. The molecule has 0 radical (unpaired) electrons. The zero-order valence-corrected chi connectivity index (χ0v) is 40.6. The Hall–Kier alpha value is -8.88. The fourth-order valence-electron chi connectivity index (χ4n) is 7.94. The summed E-state index contributed by atoms with van der Waals surface area (Å²) < 4.78 is 26.7. The Morgan fingerprint density at radius 2 is 0.736 bits per heavy atom. The van der Waals surface area contributed by atoms with Gasteiger partial charge in [0.2, 0.25) is 0 Å². The second-order valence-corrected chi connectivity index (χ2v) is 17.0. The quantitative estimate of drug-likeness (QED) is 0.0492. The number of benzene rings is 5. The summed E-state index contributed by atoms with van der Waals surface area (Å²) in [5.74, 6) is 17.7. The first-order chi connectivity index (χ1) is 35.6. The molecule has 0 atom stereocenters. The SMILES string of the molecule is COc1ccc(Nc2ncnc3c2ncn3CCCCCCOc2ccc(C#Cc3ccc(C#Cc4ccc(OCCCCCCn5cnc6c(Nc7ccc(OC)cc7)ncnc65)cc4)cc3)cc2)cc1. The van der Waals surface area contributed by atoms with Gasteiger partial charge in [-0.25, -0.2) is 29.9 Å². The van der Waals surface area contributed by atoms with Gasteiger partial charge in [0.15, 0.2) is 34.0 Å². The predicted octanol–water partition coefficient (Wildman–Crippen LogP) is 11.5. The third-order valence-corrected chi connectivity index (χ3v) is 11.9. The van der Waals surface area contributed by atoms with Crippen LogP contribution in [0, 0.1) is 23.7 Å². The van der Waals surface area contributed by atoms with Crippen molar-refractivity contribution in [1.82, 2.24) is 39.0 Å². The molecule has 2 N–H and O–H groups in total. The number of fused-ring (bicyclic) bond motifs is 2. The highest BCUT2D eigenvalue weighted by Crippen LogP contribution is 2.26. The van der Waals surface area contributed by atoms with Crippen LogP contribution >= 0.6 is 0 Å². The third kappa shape index (κ3) is 13.3. The van der Waals surface area contributed by atoms with Gasteiger partial charge in [0.25, 0.3) is 0 Å². The van der Waals surface area contributed by atoms with Gasteiger partial charge in [-0.2, -0.15) is 0 Å². The van der Waals surface area contributed by atoms with Crippen molar-refractivity contribution >= 4 is 45.3 Å². The largest absolute Gasteiger partial charge is 0.497 e. The molecule has 4 heterocycles. The fraction of sp³-hybridized carbons (Fsp3) is 0.241. The van der Waals surface area contributed by atoms with Gasteiger partial charge in [0.1, 0.15) is 35.7 Å². The van der Waals surface area contributed by atoms with Crippen molar-refractivity contribution < 1.29 is 18.9 Å². The molecule has 9 rings (SSSR count). The molecule has 0 unspecified atom stereocenters. The van der Waals surface area contributed by atoms with Crippen LogP contribution in [0.3, 0.4) is 0 Å². The second kappa shape index (κ2) is 24.6. The molecule has 0 bridgehead atoms. The van der Waals surface area contributed by atoms with Gasteiger partial charge >= 0.3 is 0 Å². The number of hydrogen-bond acceptors (Lipinski definition) is 12. The maximum absolute atomic E-state index is 6.03. The van der Waals surface area contributed by atoms with Crippen LogP contribution in [0.15, 0.2) is 147 Å². The maximum Gasteiger partial charge on any atom is 0.165 e. The van der Waals surface area contributed by atoms with E-state index in [1.165, 1.54) is 0 Å². The van der Waals surface area contributed by atoms with E-state index in [1.54, 1.807) is 26.9 Å². The van der Waals surface area contributed by atoms with Crippen molar-refractivity contribution in [1.29, 1.82) is 0 Å². The minimum atomic E-state index is 0.669. The van der Waals surface area contributed by atoms with Crippen LogP contribution < -0.4 is 29.6 Å². The van der Waals surface area contributed by atoms with Gasteiger partial charge in [-0.15, -0.1) is 0 Å². The van der Waals surface area contributed by atoms with E-state index in [9.17, 15) is 0 Å². The van der Waals surface area contributed by atoms with Crippen molar-refractivity contribution in [3.63, 3.8) is 0 Å². The molecule has 4 aromatic heterocycles. The van der Waals surface area contributed by atoms with E-state index in [1.807, 2.05) is 134 Å². The number of methoxy groups -OCH3 is 2. The molecule has 0 aliphatic rings. The van der Waals surface area contributed by atoms with Crippen molar-refractivity contribution in [2.75, 3.05) is 38.1 Å². The van der Waals surface area contributed by atoms with Crippen molar-refractivity contribution in [3.05, 3.63) is 169 Å². The summed E-state index contributed by atoms with van der Waals surface area (Å²) in [6, 6.07) is 39.3. The molecule has 5 aromatic carbocycles. The Morgan fingerprint density at radius 3 is 1.11 bits per heavy atom. The lowest BCUT2D eigenvalue weighted by molar-refractivity contribution is 0.304. The lowest BCUT2D eigenvalue weighted by Gasteiger charge is -2.08. The molecule has 0 saturated carbocycles. The number of aromatic nitrogens is 8. The van der Waals surface area contributed by atoms with Crippen LogP contribution in [0.1, 0.15) is 73.6 Å². The summed E-state index contributed by atoms with van der Waals surface area (Å²) in [5.41, 5.74) is 8.68. The zero-order chi connectivity index (χ0) is 49.2. The van der Waals surface area contributed by atoms with E-state index in [0.717, 1.165) is 143 Å². The number of imidazole rings is 2. The second-order valence-electron chi connectivity index (χ2n) is 17.0. The van der Waals surface area contributed by atoms with E-state index in [4.69, 9.17) is 18.9 Å². The number of rotatable bonds is 22. The summed E-state index contributed by atoms with van der Waals surface area (Å²) >= 11 is 0.